The van der Waals surface area contributed by atoms with Crippen LogP contribution in [0.25, 0.3) is 0 Å². The van der Waals surface area contributed by atoms with Crippen LogP contribution in [0.15, 0.2) is 18.2 Å². The number of hydrogen-bond donors (Lipinski definition) is 1. The summed E-state index contributed by atoms with van der Waals surface area (Å²) in [4.78, 5) is 41.2. The summed E-state index contributed by atoms with van der Waals surface area (Å²) in [6.07, 6.45) is 0.144. The highest BCUT2D eigenvalue weighted by Gasteiger charge is 2.30. The lowest BCUT2D eigenvalue weighted by Gasteiger charge is -2.36. The molecule has 178 valence electrons. The van der Waals surface area contributed by atoms with Crippen molar-refractivity contribution in [2.24, 2.45) is 5.92 Å². The van der Waals surface area contributed by atoms with E-state index >= 15 is 0 Å². The smallest absolute Gasteiger partial charge is 0.257 e. The van der Waals surface area contributed by atoms with E-state index in [4.69, 9.17) is 14.2 Å². The summed E-state index contributed by atoms with van der Waals surface area (Å²) in [5, 5.41) is 2.71. The van der Waals surface area contributed by atoms with E-state index in [0.717, 1.165) is 0 Å². The minimum Gasteiger partial charge on any atom is -0.491 e. The molecule has 32 heavy (non-hydrogen) atoms. The highest BCUT2D eigenvalue weighted by atomic mass is 16.5. The number of benzene rings is 1. The number of carbonyl (C=O) groups is 3. The van der Waals surface area contributed by atoms with Crippen molar-refractivity contribution >= 4 is 23.4 Å². The van der Waals surface area contributed by atoms with E-state index in [1.54, 1.807) is 37.3 Å². The van der Waals surface area contributed by atoms with Crippen LogP contribution in [0.3, 0.4) is 0 Å². The lowest BCUT2D eigenvalue weighted by molar-refractivity contribution is -0.135. The molecule has 0 bridgehead atoms. The molecule has 0 saturated heterocycles. The number of nitrogens with one attached hydrogen (secondary N) is 1. The Kier molecular flexibility index (Phi) is 9.46. The van der Waals surface area contributed by atoms with Gasteiger partial charge in [0, 0.05) is 52.4 Å². The van der Waals surface area contributed by atoms with E-state index in [1.807, 2.05) is 25.7 Å². The molecule has 0 fully saturated rings. The number of anilines is 1. The molecular weight excluding hydrogens is 414 g/mol. The van der Waals surface area contributed by atoms with E-state index in [-0.39, 0.29) is 49.0 Å². The van der Waals surface area contributed by atoms with Crippen LogP contribution in [0, 0.1) is 5.92 Å². The van der Waals surface area contributed by atoms with Crippen LogP contribution in [-0.4, -0.2) is 87.2 Å². The van der Waals surface area contributed by atoms with E-state index in [2.05, 4.69) is 5.32 Å². The summed E-state index contributed by atoms with van der Waals surface area (Å²) in [5.41, 5.74) is 0.794. The van der Waals surface area contributed by atoms with Crippen molar-refractivity contribution < 1.29 is 28.6 Å². The lowest BCUT2D eigenvalue weighted by Crippen LogP contribution is -2.48. The number of hydrogen-bond acceptors (Lipinski definition) is 6. The molecule has 1 N–H and O–H groups in total. The molecular formula is C23H35N3O6. The second-order valence-corrected chi connectivity index (χ2v) is 8.19. The molecule has 1 aromatic rings. The van der Waals surface area contributed by atoms with Crippen molar-refractivity contribution in [3.8, 4) is 5.75 Å². The Balaban J connectivity index is 2.43. The molecule has 0 spiro atoms. The van der Waals surface area contributed by atoms with Crippen molar-refractivity contribution in [3.05, 3.63) is 23.8 Å². The van der Waals surface area contributed by atoms with Crippen LogP contribution in [0.4, 0.5) is 5.69 Å². The molecule has 0 radical (unpaired) electrons. The maximum atomic E-state index is 13.3. The molecule has 3 atom stereocenters. The average Bonchev–Trinajstić information content (AvgIpc) is 2.77. The monoisotopic (exact) mass is 449 g/mol. The van der Waals surface area contributed by atoms with Gasteiger partial charge in [0.05, 0.1) is 17.7 Å². The highest BCUT2D eigenvalue weighted by Crippen LogP contribution is 2.26. The minimum absolute atomic E-state index is 0.00626. The van der Waals surface area contributed by atoms with Crippen LogP contribution in [0.1, 0.15) is 37.6 Å². The van der Waals surface area contributed by atoms with Gasteiger partial charge in [0.2, 0.25) is 11.8 Å². The van der Waals surface area contributed by atoms with Crippen LogP contribution in [-0.2, 0) is 19.1 Å². The predicted octanol–water partition coefficient (Wildman–Crippen LogP) is 2.01. The minimum atomic E-state index is -0.321. The number of amides is 3. The first-order valence-corrected chi connectivity index (χ1v) is 10.8. The predicted molar refractivity (Wildman–Crippen MR) is 121 cm³/mol. The SMILES string of the molecule is CCC(=O)N1C[C@H](C)[C@@H](OC)CN(C)C(=O)c2cc(NC(=O)COC)ccc2OC[C@H]1C. The number of rotatable bonds is 5. The van der Waals surface area contributed by atoms with Gasteiger partial charge in [0.25, 0.3) is 5.91 Å². The number of nitrogens with zero attached hydrogens (tertiary/aromatic N) is 2. The largest absolute Gasteiger partial charge is 0.491 e. The van der Waals surface area contributed by atoms with Gasteiger partial charge in [-0.25, -0.2) is 0 Å². The Labute approximate surface area is 190 Å². The van der Waals surface area contributed by atoms with E-state index in [1.165, 1.54) is 7.11 Å². The summed E-state index contributed by atoms with van der Waals surface area (Å²) >= 11 is 0. The van der Waals surface area contributed by atoms with E-state index < -0.39 is 0 Å². The van der Waals surface area contributed by atoms with Crippen molar-refractivity contribution in [3.63, 3.8) is 0 Å². The maximum Gasteiger partial charge on any atom is 0.257 e. The fourth-order valence-corrected chi connectivity index (χ4v) is 3.73. The summed E-state index contributed by atoms with van der Waals surface area (Å²) in [5.74, 6) is -0.123. The van der Waals surface area contributed by atoms with E-state index in [9.17, 15) is 14.4 Å². The Hall–Kier alpha value is -2.65. The number of carbonyl (C=O) groups excluding carboxylic acids is 3. The van der Waals surface area contributed by atoms with Crippen molar-refractivity contribution in [1.29, 1.82) is 0 Å². The molecule has 0 aliphatic carbocycles. The van der Waals surface area contributed by atoms with Crippen LogP contribution < -0.4 is 10.1 Å². The Morgan fingerprint density at radius 3 is 2.56 bits per heavy atom. The third-order valence-corrected chi connectivity index (χ3v) is 5.63. The summed E-state index contributed by atoms with van der Waals surface area (Å²) in [7, 11) is 4.75. The van der Waals surface area contributed by atoms with Crippen molar-refractivity contribution in [2.75, 3.05) is 52.9 Å². The topological polar surface area (TPSA) is 97.4 Å². The molecule has 1 aliphatic rings. The second kappa shape index (κ2) is 11.8. The Morgan fingerprint density at radius 1 is 1.22 bits per heavy atom. The van der Waals surface area contributed by atoms with Gasteiger partial charge in [-0.3, -0.25) is 14.4 Å². The maximum absolute atomic E-state index is 13.3. The Bertz CT molecular complexity index is 815. The fraction of sp³-hybridized carbons (Fsp3) is 0.609. The zero-order chi connectivity index (χ0) is 23.8. The Morgan fingerprint density at radius 2 is 1.94 bits per heavy atom. The second-order valence-electron chi connectivity index (χ2n) is 8.19. The van der Waals surface area contributed by atoms with Gasteiger partial charge in [-0.05, 0) is 25.1 Å². The van der Waals surface area contributed by atoms with Gasteiger partial charge >= 0.3 is 0 Å². The fourth-order valence-electron chi connectivity index (χ4n) is 3.73. The molecule has 9 nitrogen and oxygen atoms in total. The van der Waals surface area contributed by atoms with Gasteiger partial charge < -0.3 is 29.3 Å². The van der Waals surface area contributed by atoms with Crippen LogP contribution in [0.5, 0.6) is 5.75 Å². The number of likely N-dealkylation sites (N-methyl/N-ethyl adjacent to an activating group) is 1. The molecule has 1 aromatic carbocycles. The molecule has 2 rings (SSSR count). The molecule has 9 heteroatoms. The molecule has 3 amide bonds. The third-order valence-electron chi connectivity index (χ3n) is 5.63. The summed E-state index contributed by atoms with van der Waals surface area (Å²) in [6.45, 7) is 6.78. The quantitative estimate of drug-likeness (QED) is 0.739. The zero-order valence-electron chi connectivity index (χ0n) is 19.8. The first-order valence-electron chi connectivity index (χ1n) is 10.8. The summed E-state index contributed by atoms with van der Waals surface area (Å²) in [6, 6.07) is 4.73. The van der Waals surface area contributed by atoms with Crippen molar-refractivity contribution in [2.45, 2.75) is 39.3 Å². The van der Waals surface area contributed by atoms with E-state index in [0.29, 0.717) is 36.5 Å². The van der Waals surface area contributed by atoms with Crippen LogP contribution in [0.2, 0.25) is 0 Å². The van der Waals surface area contributed by atoms with Crippen LogP contribution >= 0.6 is 0 Å². The first-order chi connectivity index (χ1) is 15.2. The summed E-state index contributed by atoms with van der Waals surface area (Å²) < 4.78 is 16.5. The molecule has 0 unspecified atom stereocenters. The number of ether oxygens (including phenoxy) is 3. The molecule has 0 aromatic heterocycles. The normalized spacial score (nSPS) is 22.3. The van der Waals surface area contributed by atoms with Gasteiger partial charge in [0.15, 0.2) is 0 Å². The van der Waals surface area contributed by atoms with Crippen molar-refractivity contribution in [1.82, 2.24) is 9.80 Å². The zero-order valence-corrected chi connectivity index (χ0v) is 19.8. The van der Waals surface area contributed by atoms with Gasteiger partial charge in [0.1, 0.15) is 19.0 Å². The number of fused-ring (bicyclic) bond motifs is 1. The first kappa shape index (κ1) is 25.6. The lowest BCUT2D eigenvalue weighted by atomic mass is 10.0. The van der Waals surface area contributed by atoms with Gasteiger partial charge in [-0.2, -0.15) is 0 Å². The average molecular weight is 450 g/mol. The van der Waals surface area contributed by atoms with Gasteiger partial charge in [-0.15, -0.1) is 0 Å². The number of methoxy groups -OCH3 is 2. The van der Waals surface area contributed by atoms with Gasteiger partial charge in [-0.1, -0.05) is 13.8 Å². The standard InChI is InChI=1S/C23H35N3O6/c1-7-22(28)26-11-15(2)20(31-6)12-25(4)23(29)18-10-17(24-21(27)14-30-5)8-9-19(18)32-13-16(26)3/h8-10,15-16,20H,7,11-14H2,1-6H3,(H,24,27)/t15-,16+,20-/m0/s1. The highest BCUT2D eigenvalue weighted by molar-refractivity contribution is 5.99. The molecule has 1 aliphatic heterocycles. The molecule has 1 heterocycles. The third kappa shape index (κ3) is 6.43. The molecule has 0 saturated carbocycles.